The van der Waals surface area contributed by atoms with Crippen LogP contribution in [0.1, 0.15) is 49.2 Å². The molecule has 0 spiro atoms. The van der Waals surface area contributed by atoms with E-state index in [9.17, 15) is 4.79 Å². The molecule has 1 aromatic heterocycles. The average Bonchev–Trinajstić information content (AvgIpc) is 3.21. The van der Waals surface area contributed by atoms with Gasteiger partial charge in [0, 0.05) is 18.7 Å². The van der Waals surface area contributed by atoms with Gasteiger partial charge in [0.2, 0.25) is 0 Å². The van der Waals surface area contributed by atoms with Crippen LogP contribution in [0.5, 0.6) is 5.75 Å². The Hall–Kier alpha value is -3.06. The van der Waals surface area contributed by atoms with Crippen molar-refractivity contribution in [3.05, 3.63) is 87.7 Å². The fourth-order valence-electron chi connectivity index (χ4n) is 5.33. The van der Waals surface area contributed by atoms with E-state index < -0.39 is 0 Å². The molecule has 6 nitrogen and oxygen atoms in total. The molecule has 1 aliphatic heterocycles. The number of carbonyl (C=O) groups is 1. The monoisotopic (exact) mass is 565 g/mol. The Labute approximate surface area is 239 Å². The van der Waals surface area contributed by atoms with Gasteiger partial charge >= 0.3 is 0 Å². The van der Waals surface area contributed by atoms with Gasteiger partial charge in [0.05, 0.1) is 33.8 Å². The first-order valence-corrected chi connectivity index (χ1v) is 14.0. The highest BCUT2D eigenvalue weighted by Crippen LogP contribution is 2.44. The zero-order valence-electron chi connectivity index (χ0n) is 22.6. The van der Waals surface area contributed by atoms with Crippen LogP contribution in [0.2, 0.25) is 10.0 Å². The molecule has 4 aromatic rings. The summed E-state index contributed by atoms with van der Waals surface area (Å²) in [5.74, 6) is 2.38. The Morgan fingerprint density at radius 2 is 1.82 bits per heavy atom. The summed E-state index contributed by atoms with van der Waals surface area (Å²) >= 11 is 12.4. The lowest BCUT2D eigenvalue weighted by atomic mass is 9.76. The van der Waals surface area contributed by atoms with Crippen molar-refractivity contribution in [2.45, 2.75) is 39.2 Å². The van der Waals surface area contributed by atoms with Gasteiger partial charge in [-0.05, 0) is 78.8 Å². The van der Waals surface area contributed by atoms with Crippen molar-refractivity contribution in [1.82, 2.24) is 9.55 Å². The summed E-state index contributed by atoms with van der Waals surface area (Å²) < 4.78 is 14.2. The number of nitrogens with one attached hydrogen (secondary N) is 1. The van der Waals surface area contributed by atoms with Gasteiger partial charge in [-0.1, -0.05) is 55.2 Å². The van der Waals surface area contributed by atoms with E-state index in [2.05, 4.69) is 24.1 Å². The van der Waals surface area contributed by atoms with E-state index in [-0.39, 0.29) is 24.5 Å². The number of aryl methyl sites for hydroxylation is 2. The second-order valence-electron chi connectivity index (χ2n) is 10.6. The number of rotatable bonds is 7. The average molecular weight is 567 g/mol. The lowest BCUT2D eigenvalue weighted by molar-refractivity contribution is -0.118. The van der Waals surface area contributed by atoms with Gasteiger partial charge in [-0.15, -0.1) is 0 Å². The molecule has 1 fully saturated rings. The number of fused-ring (bicyclic) bond motifs is 1. The number of anilines is 1. The molecule has 0 bridgehead atoms. The van der Waals surface area contributed by atoms with Crippen molar-refractivity contribution in [3.8, 4) is 5.75 Å². The third-order valence-electron chi connectivity index (χ3n) is 7.66. The lowest BCUT2D eigenvalue weighted by Gasteiger charge is -2.39. The minimum absolute atomic E-state index is 0.00785. The maximum atomic E-state index is 12.5. The first-order chi connectivity index (χ1) is 18.7. The second-order valence-corrected chi connectivity index (χ2v) is 11.4. The molecule has 204 valence electrons. The third kappa shape index (κ3) is 6.08. The zero-order chi connectivity index (χ0) is 27.7. The molecule has 3 aromatic carbocycles. The Kier molecular flexibility index (Phi) is 8.17. The van der Waals surface area contributed by atoms with Crippen LogP contribution in [0.4, 0.5) is 5.69 Å². The maximum absolute atomic E-state index is 12.5. The standard InChI is InChI=1S/C31H33Cl2N3O3/c1-18(2)25-13-22(21-7-11-26(32)27(33)14-21)16-39-31(25)20-5-9-24(10-6-20)38-17-30(37)35-23-8-12-29-28(15-23)34-19(3)36(29)4/h5-12,14-15,18,22,25,31H,13,16-17H2,1-4H3,(H,35,37)/t22-,25-,31-/m0/s1. The van der Waals surface area contributed by atoms with Crippen LogP contribution >= 0.6 is 23.2 Å². The molecule has 0 radical (unpaired) electrons. The summed E-state index contributed by atoms with van der Waals surface area (Å²) in [6.45, 7) is 6.96. The van der Waals surface area contributed by atoms with Crippen molar-refractivity contribution in [1.29, 1.82) is 0 Å². The molecule has 1 saturated heterocycles. The molecule has 0 aliphatic carbocycles. The van der Waals surface area contributed by atoms with Gasteiger partial charge in [-0.3, -0.25) is 4.79 Å². The predicted octanol–water partition coefficient (Wildman–Crippen LogP) is 7.72. The molecule has 5 rings (SSSR count). The molecule has 1 amide bonds. The van der Waals surface area contributed by atoms with Crippen LogP contribution < -0.4 is 10.1 Å². The number of imidazole rings is 1. The molecule has 3 atom stereocenters. The predicted molar refractivity (Wildman–Crippen MR) is 157 cm³/mol. The van der Waals surface area contributed by atoms with Crippen LogP contribution in [0.25, 0.3) is 11.0 Å². The molecular formula is C31H33Cl2N3O3. The van der Waals surface area contributed by atoms with Gasteiger partial charge in [0.15, 0.2) is 6.61 Å². The van der Waals surface area contributed by atoms with Gasteiger partial charge in [-0.25, -0.2) is 4.98 Å². The molecule has 0 unspecified atom stereocenters. The van der Waals surface area contributed by atoms with Crippen LogP contribution in [0, 0.1) is 18.8 Å². The summed E-state index contributed by atoms with van der Waals surface area (Å²) in [5, 5.41) is 4.03. The van der Waals surface area contributed by atoms with E-state index in [1.807, 2.05) is 79.2 Å². The molecule has 8 heteroatoms. The quantitative estimate of drug-likeness (QED) is 0.249. The molecular weight excluding hydrogens is 533 g/mol. The number of ether oxygens (including phenoxy) is 2. The van der Waals surface area contributed by atoms with E-state index in [0.29, 0.717) is 39.9 Å². The van der Waals surface area contributed by atoms with Gasteiger partial charge in [0.25, 0.3) is 5.91 Å². The number of halogens is 2. The second kappa shape index (κ2) is 11.6. The maximum Gasteiger partial charge on any atom is 0.262 e. The molecule has 0 saturated carbocycles. The van der Waals surface area contributed by atoms with Crippen molar-refractivity contribution >= 4 is 45.8 Å². The van der Waals surface area contributed by atoms with Crippen molar-refractivity contribution in [2.75, 3.05) is 18.5 Å². The Bertz CT molecular complexity index is 1480. The molecule has 1 aliphatic rings. The Morgan fingerprint density at radius 1 is 1.08 bits per heavy atom. The van der Waals surface area contributed by atoms with E-state index in [4.69, 9.17) is 32.7 Å². The normalized spacial score (nSPS) is 19.4. The minimum atomic E-state index is -0.227. The highest BCUT2D eigenvalue weighted by Gasteiger charge is 2.35. The fraction of sp³-hybridized carbons (Fsp3) is 0.355. The van der Waals surface area contributed by atoms with Crippen molar-refractivity contribution in [3.63, 3.8) is 0 Å². The first kappa shape index (κ1) is 27.5. The number of hydrogen-bond donors (Lipinski definition) is 1. The van der Waals surface area contributed by atoms with E-state index in [1.54, 1.807) is 0 Å². The van der Waals surface area contributed by atoms with Gasteiger partial charge in [-0.2, -0.15) is 0 Å². The highest BCUT2D eigenvalue weighted by molar-refractivity contribution is 6.42. The Balaban J connectivity index is 1.19. The number of hydrogen-bond acceptors (Lipinski definition) is 4. The number of carbonyl (C=O) groups excluding carboxylic acids is 1. The summed E-state index contributed by atoms with van der Waals surface area (Å²) in [5.41, 5.74) is 4.83. The topological polar surface area (TPSA) is 65.4 Å². The largest absolute Gasteiger partial charge is 0.484 e. The van der Waals surface area contributed by atoms with E-state index in [0.717, 1.165) is 34.4 Å². The van der Waals surface area contributed by atoms with Crippen LogP contribution in [-0.2, 0) is 16.6 Å². The SMILES string of the molecule is Cc1nc2cc(NC(=O)COc3ccc([C@@H]4OC[C@@H](c5ccc(Cl)c(Cl)c5)C[C@H]4C(C)C)cc3)ccc2n1C. The van der Waals surface area contributed by atoms with Gasteiger partial charge < -0.3 is 19.4 Å². The zero-order valence-corrected chi connectivity index (χ0v) is 24.1. The number of benzene rings is 3. The van der Waals surface area contributed by atoms with Gasteiger partial charge in [0.1, 0.15) is 11.6 Å². The molecule has 39 heavy (non-hydrogen) atoms. The molecule has 2 heterocycles. The fourth-order valence-corrected chi connectivity index (χ4v) is 5.63. The number of aromatic nitrogens is 2. The molecule has 1 N–H and O–H groups in total. The van der Waals surface area contributed by atoms with Crippen LogP contribution in [0.15, 0.2) is 60.7 Å². The third-order valence-corrected chi connectivity index (χ3v) is 8.40. The van der Waals surface area contributed by atoms with E-state index in [1.165, 1.54) is 0 Å². The minimum Gasteiger partial charge on any atom is -0.484 e. The summed E-state index contributed by atoms with van der Waals surface area (Å²) in [6, 6.07) is 19.4. The van der Waals surface area contributed by atoms with Crippen LogP contribution in [-0.4, -0.2) is 28.7 Å². The Morgan fingerprint density at radius 3 is 2.54 bits per heavy atom. The lowest BCUT2D eigenvalue weighted by Crippen LogP contribution is -2.31. The summed E-state index contributed by atoms with van der Waals surface area (Å²) in [6.07, 6.45) is 0.995. The summed E-state index contributed by atoms with van der Waals surface area (Å²) in [7, 11) is 1.97. The highest BCUT2D eigenvalue weighted by atomic mass is 35.5. The summed E-state index contributed by atoms with van der Waals surface area (Å²) in [4.78, 5) is 17.0. The smallest absolute Gasteiger partial charge is 0.262 e. The first-order valence-electron chi connectivity index (χ1n) is 13.2. The van der Waals surface area contributed by atoms with Crippen LogP contribution in [0.3, 0.4) is 0 Å². The number of nitrogens with zero attached hydrogens (tertiary/aromatic N) is 2. The van der Waals surface area contributed by atoms with Crippen molar-refractivity contribution < 1.29 is 14.3 Å². The van der Waals surface area contributed by atoms with E-state index >= 15 is 0 Å². The number of amides is 1. The van der Waals surface area contributed by atoms with Crippen molar-refractivity contribution in [2.24, 2.45) is 18.9 Å².